The van der Waals surface area contributed by atoms with E-state index in [2.05, 4.69) is 5.32 Å². The number of nitrogens with one attached hydrogen (secondary N) is 1. The molecule has 3 heteroatoms. The van der Waals surface area contributed by atoms with Crippen LogP contribution in [0.4, 0.5) is 0 Å². The second-order valence-corrected chi connectivity index (χ2v) is 3.07. The normalized spacial score (nSPS) is 10.0. The molecule has 0 saturated carbocycles. The van der Waals surface area contributed by atoms with Gasteiger partial charge in [0.15, 0.2) is 0 Å². The molecule has 1 amide bonds. The van der Waals surface area contributed by atoms with E-state index in [-0.39, 0.29) is 17.6 Å². The zero-order chi connectivity index (χ0) is 9.56. The van der Waals surface area contributed by atoms with E-state index in [1.807, 2.05) is 20.8 Å². The smallest absolute Gasteiger partial charge is 0.220 e. The number of Topliss-reactive ketones (excluding diaryl/α,β-unsaturated/α-hetero) is 1. The summed E-state index contributed by atoms with van der Waals surface area (Å²) in [6.45, 7) is 6.19. The van der Waals surface area contributed by atoms with Crippen LogP contribution in [0.3, 0.4) is 0 Å². The summed E-state index contributed by atoms with van der Waals surface area (Å²) in [6.07, 6.45) is 0.689. The molecule has 0 spiro atoms. The summed E-state index contributed by atoms with van der Waals surface area (Å²) in [5.74, 6) is 0.159. The molecule has 0 fully saturated rings. The first-order valence-corrected chi connectivity index (χ1v) is 4.37. The average molecular weight is 171 g/mol. The number of rotatable bonds is 5. The highest BCUT2D eigenvalue weighted by atomic mass is 16.2. The van der Waals surface area contributed by atoms with Gasteiger partial charge in [0, 0.05) is 25.3 Å². The Morgan fingerprint density at radius 1 is 1.25 bits per heavy atom. The van der Waals surface area contributed by atoms with E-state index in [9.17, 15) is 9.59 Å². The maximum Gasteiger partial charge on any atom is 0.220 e. The van der Waals surface area contributed by atoms with Crippen molar-refractivity contribution in [3.05, 3.63) is 0 Å². The van der Waals surface area contributed by atoms with Crippen molar-refractivity contribution >= 4 is 11.7 Å². The van der Waals surface area contributed by atoms with Gasteiger partial charge >= 0.3 is 0 Å². The van der Waals surface area contributed by atoms with Crippen LogP contribution in [0.2, 0.25) is 0 Å². The number of carbonyl (C=O) groups excluding carboxylic acids is 2. The first-order valence-electron chi connectivity index (χ1n) is 4.37. The minimum absolute atomic E-state index is 0.0356. The number of hydrogen-bond acceptors (Lipinski definition) is 2. The third-order valence-corrected chi connectivity index (χ3v) is 1.62. The molecule has 0 aromatic carbocycles. The van der Waals surface area contributed by atoms with E-state index in [0.717, 1.165) is 0 Å². The molecule has 12 heavy (non-hydrogen) atoms. The average Bonchev–Trinajstić information content (AvgIpc) is 2.00. The fourth-order valence-corrected chi connectivity index (χ4v) is 0.811. The van der Waals surface area contributed by atoms with Crippen LogP contribution in [-0.2, 0) is 9.59 Å². The van der Waals surface area contributed by atoms with Gasteiger partial charge in [0.05, 0.1) is 0 Å². The number of hydrogen-bond donors (Lipinski definition) is 1. The summed E-state index contributed by atoms with van der Waals surface area (Å²) < 4.78 is 0. The molecule has 0 bridgehead atoms. The van der Waals surface area contributed by atoms with Gasteiger partial charge in [-0.3, -0.25) is 9.59 Å². The highest BCUT2D eigenvalue weighted by Gasteiger charge is 2.08. The van der Waals surface area contributed by atoms with Crippen LogP contribution in [0.15, 0.2) is 0 Å². The SMILES string of the molecule is CCNC(=O)CCC(=O)C(C)C. The van der Waals surface area contributed by atoms with Crippen LogP contribution in [0, 0.1) is 5.92 Å². The van der Waals surface area contributed by atoms with Crippen molar-refractivity contribution in [2.24, 2.45) is 5.92 Å². The molecule has 0 saturated heterocycles. The van der Waals surface area contributed by atoms with Crippen molar-refractivity contribution < 1.29 is 9.59 Å². The Hall–Kier alpha value is -0.860. The summed E-state index contributed by atoms with van der Waals surface area (Å²) in [4.78, 5) is 22.0. The summed E-state index contributed by atoms with van der Waals surface area (Å²) >= 11 is 0. The second kappa shape index (κ2) is 5.75. The summed E-state index contributed by atoms with van der Waals surface area (Å²) in [7, 11) is 0. The highest BCUT2D eigenvalue weighted by Crippen LogP contribution is 2.01. The van der Waals surface area contributed by atoms with Crippen molar-refractivity contribution in [1.29, 1.82) is 0 Å². The second-order valence-electron chi connectivity index (χ2n) is 3.07. The Morgan fingerprint density at radius 3 is 2.25 bits per heavy atom. The fourth-order valence-electron chi connectivity index (χ4n) is 0.811. The lowest BCUT2D eigenvalue weighted by Crippen LogP contribution is -2.23. The van der Waals surface area contributed by atoms with Crippen molar-refractivity contribution in [1.82, 2.24) is 5.32 Å². The van der Waals surface area contributed by atoms with Crippen LogP contribution in [-0.4, -0.2) is 18.2 Å². The number of amides is 1. The number of ketones is 1. The zero-order valence-electron chi connectivity index (χ0n) is 8.02. The molecule has 0 aliphatic rings. The lowest BCUT2D eigenvalue weighted by molar-refractivity contribution is -0.126. The molecule has 0 aliphatic heterocycles. The maximum absolute atomic E-state index is 11.1. The molecule has 0 unspecified atom stereocenters. The predicted molar refractivity (Wildman–Crippen MR) is 47.8 cm³/mol. The molecule has 0 radical (unpaired) electrons. The van der Waals surface area contributed by atoms with E-state index in [1.54, 1.807) is 0 Å². The monoisotopic (exact) mass is 171 g/mol. The van der Waals surface area contributed by atoms with Crippen LogP contribution in [0.25, 0.3) is 0 Å². The number of carbonyl (C=O) groups is 2. The van der Waals surface area contributed by atoms with Crippen molar-refractivity contribution in [3.63, 3.8) is 0 Å². The van der Waals surface area contributed by atoms with E-state index in [4.69, 9.17) is 0 Å². The molecule has 70 valence electrons. The van der Waals surface area contributed by atoms with Crippen LogP contribution in [0.5, 0.6) is 0 Å². The molecule has 3 nitrogen and oxygen atoms in total. The Morgan fingerprint density at radius 2 is 1.83 bits per heavy atom. The first kappa shape index (κ1) is 11.1. The van der Waals surface area contributed by atoms with Gasteiger partial charge in [-0.05, 0) is 6.92 Å². The van der Waals surface area contributed by atoms with Gasteiger partial charge in [0.25, 0.3) is 0 Å². The molecule has 0 aromatic rings. The van der Waals surface area contributed by atoms with Gasteiger partial charge in [-0.25, -0.2) is 0 Å². The Bertz CT molecular complexity index is 164. The Kier molecular flexibility index (Phi) is 5.34. The topological polar surface area (TPSA) is 46.2 Å². The Balaban J connectivity index is 3.54. The fraction of sp³-hybridized carbons (Fsp3) is 0.778. The summed E-state index contributed by atoms with van der Waals surface area (Å²) in [5, 5.41) is 2.65. The third kappa shape index (κ3) is 4.88. The van der Waals surface area contributed by atoms with E-state index in [0.29, 0.717) is 19.4 Å². The molecule has 0 atom stereocenters. The van der Waals surface area contributed by atoms with Gasteiger partial charge in [0.1, 0.15) is 5.78 Å². The van der Waals surface area contributed by atoms with Crippen LogP contribution < -0.4 is 5.32 Å². The lowest BCUT2D eigenvalue weighted by atomic mass is 10.0. The lowest BCUT2D eigenvalue weighted by Gasteiger charge is -2.03. The van der Waals surface area contributed by atoms with Crippen molar-refractivity contribution in [3.8, 4) is 0 Å². The summed E-state index contributed by atoms with van der Waals surface area (Å²) in [5.41, 5.74) is 0. The quantitative estimate of drug-likeness (QED) is 0.674. The van der Waals surface area contributed by atoms with Gasteiger partial charge in [-0.15, -0.1) is 0 Å². The molecule has 0 heterocycles. The van der Waals surface area contributed by atoms with E-state index < -0.39 is 0 Å². The standard InChI is InChI=1S/C9H17NO2/c1-4-10-9(12)6-5-8(11)7(2)3/h7H,4-6H2,1-3H3,(H,10,12). The molecule has 1 N–H and O–H groups in total. The minimum atomic E-state index is -0.0356. The molecule has 0 aliphatic carbocycles. The van der Waals surface area contributed by atoms with Crippen molar-refractivity contribution in [2.45, 2.75) is 33.6 Å². The van der Waals surface area contributed by atoms with Crippen molar-refractivity contribution in [2.75, 3.05) is 6.54 Å². The van der Waals surface area contributed by atoms with Gasteiger partial charge in [-0.1, -0.05) is 13.8 Å². The van der Waals surface area contributed by atoms with Gasteiger partial charge < -0.3 is 5.32 Å². The van der Waals surface area contributed by atoms with E-state index >= 15 is 0 Å². The zero-order valence-corrected chi connectivity index (χ0v) is 8.02. The molecule has 0 aromatic heterocycles. The summed E-state index contributed by atoms with van der Waals surface area (Å²) in [6, 6.07) is 0. The Labute approximate surface area is 73.5 Å². The highest BCUT2D eigenvalue weighted by molar-refractivity contribution is 5.85. The van der Waals surface area contributed by atoms with Gasteiger partial charge in [-0.2, -0.15) is 0 Å². The van der Waals surface area contributed by atoms with Gasteiger partial charge in [0.2, 0.25) is 5.91 Å². The minimum Gasteiger partial charge on any atom is -0.356 e. The van der Waals surface area contributed by atoms with Crippen LogP contribution in [0.1, 0.15) is 33.6 Å². The predicted octanol–water partition coefficient (Wildman–Crippen LogP) is 1.13. The molecular weight excluding hydrogens is 154 g/mol. The molecular formula is C9H17NO2. The largest absolute Gasteiger partial charge is 0.356 e. The first-order chi connectivity index (χ1) is 5.57. The maximum atomic E-state index is 11.1. The van der Waals surface area contributed by atoms with E-state index in [1.165, 1.54) is 0 Å². The van der Waals surface area contributed by atoms with Crippen LogP contribution >= 0.6 is 0 Å². The third-order valence-electron chi connectivity index (χ3n) is 1.62. The molecule has 0 rings (SSSR count).